The Labute approximate surface area is 101 Å². The van der Waals surface area contributed by atoms with Gasteiger partial charge in [0.25, 0.3) is 0 Å². The molecular formula is C12H19N3O2. The number of methoxy groups -OCH3 is 1. The number of rotatable bonds is 4. The van der Waals surface area contributed by atoms with Gasteiger partial charge < -0.3 is 15.2 Å². The van der Waals surface area contributed by atoms with Crippen molar-refractivity contribution in [2.45, 2.75) is 25.3 Å². The monoisotopic (exact) mass is 237 g/mol. The molecule has 0 bridgehead atoms. The summed E-state index contributed by atoms with van der Waals surface area (Å²) >= 11 is 0. The van der Waals surface area contributed by atoms with Gasteiger partial charge in [-0.05, 0) is 25.2 Å². The first kappa shape index (κ1) is 12.3. The van der Waals surface area contributed by atoms with Crippen molar-refractivity contribution in [1.82, 2.24) is 9.97 Å². The summed E-state index contributed by atoms with van der Waals surface area (Å²) in [6.07, 6.45) is 4.63. The Kier molecular flexibility index (Phi) is 4.28. The highest BCUT2D eigenvalue weighted by Crippen LogP contribution is 2.25. The second kappa shape index (κ2) is 5.93. The molecule has 5 nitrogen and oxygen atoms in total. The lowest BCUT2D eigenvalue weighted by Gasteiger charge is -2.24. The third kappa shape index (κ3) is 3.38. The van der Waals surface area contributed by atoms with Crippen molar-refractivity contribution in [2.75, 3.05) is 20.3 Å². The van der Waals surface area contributed by atoms with Crippen molar-refractivity contribution in [3.8, 4) is 5.88 Å². The Balaban J connectivity index is 1.95. The molecule has 0 saturated carbocycles. The van der Waals surface area contributed by atoms with Crippen LogP contribution in [0.3, 0.4) is 0 Å². The molecule has 2 N–H and O–H groups in total. The maximum atomic E-state index is 6.16. The highest BCUT2D eigenvalue weighted by Gasteiger charge is 2.19. The summed E-state index contributed by atoms with van der Waals surface area (Å²) < 4.78 is 10.4. The van der Waals surface area contributed by atoms with E-state index >= 15 is 0 Å². The van der Waals surface area contributed by atoms with Crippen LogP contribution < -0.4 is 10.5 Å². The SMILES string of the molecule is COc1cc(C(N)CC2CCOCC2)ncn1. The molecule has 1 unspecified atom stereocenters. The molecule has 1 aliphatic rings. The van der Waals surface area contributed by atoms with Gasteiger partial charge in [-0.1, -0.05) is 0 Å². The van der Waals surface area contributed by atoms with Crippen molar-refractivity contribution in [1.29, 1.82) is 0 Å². The van der Waals surface area contributed by atoms with E-state index in [1.165, 1.54) is 6.33 Å². The summed E-state index contributed by atoms with van der Waals surface area (Å²) in [6.45, 7) is 1.70. The fraction of sp³-hybridized carbons (Fsp3) is 0.667. The summed E-state index contributed by atoms with van der Waals surface area (Å²) in [5, 5.41) is 0. The molecule has 1 aliphatic heterocycles. The van der Waals surface area contributed by atoms with Crippen LogP contribution in [0.15, 0.2) is 12.4 Å². The number of nitrogens with two attached hydrogens (primary N) is 1. The molecule has 5 heteroatoms. The molecule has 2 rings (SSSR count). The zero-order valence-electron chi connectivity index (χ0n) is 10.1. The Morgan fingerprint density at radius 1 is 1.47 bits per heavy atom. The maximum Gasteiger partial charge on any atom is 0.216 e. The molecular weight excluding hydrogens is 218 g/mol. The molecule has 1 aromatic rings. The van der Waals surface area contributed by atoms with E-state index in [0.29, 0.717) is 11.8 Å². The van der Waals surface area contributed by atoms with Gasteiger partial charge in [-0.3, -0.25) is 0 Å². The van der Waals surface area contributed by atoms with E-state index in [1.54, 1.807) is 7.11 Å². The quantitative estimate of drug-likeness (QED) is 0.854. The lowest BCUT2D eigenvalue weighted by molar-refractivity contribution is 0.0617. The minimum absolute atomic E-state index is 0.0463. The van der Waals surface area contributed by atoms with Gasteiger partial charge in [-0.25, -0.2) is 9.97 Å². The first-order valence-electron chi connectivity index (χ1n) is 5.99. The minimum atomic E-state index is -0.0463. The van der Waals surface area contributed by atoms with Crippen LogP contribution in [0.5, 0.6) is 5.88 Å². The van der Waals surface area contributed by atoms with Gasteiger partial charge in [-0.2, -0.15) is 0 Å². The van der Waals surface area contributed by atoms with Gasteiger partial charge in [0.2, 0.25) is 5.88 Å². The zero-order valence-corrected chi connectivity index (χ0v) is 10.1. The van der Waals surface area contributed by atoms with Crippen LogP contribution in [0.4, 0.5) is 0 Å². The van der Waals surface area contributed by atoms with Crippen molar-refractivity contribution in [3.05, 3.63) is 18.1 Å². The molecule has 17 heavy (non-hydrogen) atoms. The molecule has 1 fully saturated rings. The predicted octanol–water partition coefficient (Wildman–Crippen LogP) is 1.30. The number of hydrogen-bond donors (Lipinski definition) is 1. The lowest BCUT2D eigenvalue weighted by atomic mass is 9.91. The van der Waals surface area contributed by atoms with E-state index in [-0.39, 0.29) is 6.04 Å². The van der Waals surface area contributed by atoms with Crippen molar-refractivity contribution in [3.63, 3.8) is 0 Å². The molecule has 0 aliphatic carbocycles. The Bertz CT molecular complexity index is 353. The fourth-order valence-corrected chi connectivity index (χ4v) is 2.13. The number of ether oxygens (including phenoxy) is 2. The molecule has 0 spiro atoms. The Morgan fingerprint density at radius 3 is 2.94 bits per heavy atom. The second-order valence-corrected chi connectivity index (χ2v) is 4.38. The summed E-state index contributed by atoms with van der Waals surface area (Å²) in [5.74, 6) is 1.21. The molecule has 1 saturated heterocycles. The Hall–Kier alpha value is -1.20. The van der Waals surface area contributed by atoms with E-state index in [1.807, 2.05) is 6.07 Å². The molecule has 0 amide bonds. The van der Waals surface area contributed by atoms with Gasteiger partial charge in [-0.15, -0.1) is 0 Å². The predicted molar refractivity (Wildman–Crippen MR) is 63.7 cm³/mol. The van der Waals surface area contributed by atoms with Gasteiger partial charge in [0.15, 0.2) is 0 Å². The minimum Gasteiger partial charge on any atom is -0.481 e. The number of aromatic nitrogens is 2. The van der Waals surface area contributed by atoms with Gasteiger partial charge in [0.1, 0.15) is 6.33 Å². The van der Waals surface area contributed by atoms with Crippen molar-refractivity contribution in [2.24, 2.45) is 11.7 Å². The zero-order chi connectivity index (χ0) is 12.1. The number of hydrogen-bond acceptors (Lipinski definition) is 5. The molecule has 1 aromatic heterocycles. The average Bonchev–Trinajstić information content (AvgIpc) is 2.40. The van der Waals surface area contributed by atoms with Crippen LogP contribution >= 0.6 is 0 Å². The summed E-state index contributed by atoms with van der Waals surface area (Å²) in [4.78, 5) is 8.18. The van der Waals surface area contributed by atoms with Crippen LogP contribution in [-0.4, -0.2) is 30.3 Å². The first-order valence-corrected chi connectivity index (χ1v) is 5.99. The standard InChI is InChI=1S/C12H19N3O2/c1-16-12-7-11(14-8-15-12)10(13)6-9-2-4-17-5-3-9/h7-10H,2-6,13H2,1H3. The molecule has 0 radical (unpaired) electrons. The Morgan fingerprint density at radius 2 is 2.24 bits per heavy atom. The summed E-state index contributed by atoms with van der Waals surface area (Å²) in [7, 11) is 1.59. The van der Waals surface area contributed by atoms with E-state index in [9.17, 15) is 0 Å². The van der Waals surface area contributed by atoms with Gasteiger partial charge in [0.05, 0.1) is 12.8 Å². The summed E-state index contributed by atoms with van der Waals surface area (Å²) in [6, 6.07) is 1.76. The average molecular weight is 237 g/mol. The van der Waals surface area contributed by atoms with Crippen molar-refractivity contribution >= 4 is 0 Å². The highest BCUT2D eigenvalue weighted by atomic mass is 16.5. The van der Waals surface area contributed by atoms with E-state index < -0.39 is 0 Å². The first-order chi connectivity index (χ1) is 8.29. The van der Waals surface area contributed by atoms with E-state index in [0.717, 1.165) is 38.2 Å². The highest BCUT2D eigenvalue weighted by molar-refractivity contribution is 5.16. The van der Waals surface area contributed by atoms with E-state index in [2.05, 4.69) is 9.97 Å². The van der Waals surface area contributed by atoms with Gasteiger partial charge in [0, 0.05) is 25.3 Å². The normalized spacial score (nSPS) is 18.9. The van der Waals surface area contributed by atoms with E-state index in [4.69, 9.17) is 15.2 Å². The third-order valence-corrected chi connectivity index (χ3v) is 3.18. The topological polar surface area (TPSA) is 70.3 Å². The lowest BCUT2D eigenvalue weighted by Crippen LogP contribution is -2.22. The second-order valence-electron chi connectivity index (χ2n) is 4.38. The maximum absolute atomic E-state index is 6.16. The van der Waals surface area contributed by atoms with Crippen LogP contribution in [0.25, 0.3) is 0 Å². The largest absolute Gasteiger partial charge is 0.481 e. The van der Waals surface area contributed by atoms with Crippen LogP contribution in [-0.2, 0) is 4.74 Å². The van der Waals surface area contributed by atoms with Crippen LogP contribution in [0, 0.1) is 5.92 Å². The summed E-state index contributed by atoms with van der Waals surface area (Å²) in [5.41, 5.74) is 7.01. The molecule has 2 heterocycles. The fourth-order valence-electron chi connectivity index (χ4n) is 2.13. The molecule has 0 aromatic carbocycles. The van der Waals surface area contributed by atoms with Crippen LogP contribution in [0.2, 0.25) is 0 Å². The molecule has 94 valence electrons. The third-order valence-electron chi connectivity index (χ3n) is 3.18. The molecule has 1 atom stereocenters. The number of nitrogens with zero attached hydrogens (tertiary/aromatic N) is 2. The van der Waals surface area contributed by atoms with Crippen molar-refractivity contribution < 1.29 is 9.47 Å². The smallest absolute Gasteiger partial charge is 0.216 e. The van der Waals surface area contributed by atoms with Gasteiger partial charge >= 0.3 is 0 Å². The van der Waals surface area contributed by atoms with Crippen LogP contribution in [0.1, 0.15) is 31.0 Å².